The van der Waals surface area contributed by atoms with Crippen LogP contribution in [0, 0.1) is 0 Å². The highest BCUT2D eigenvalue weighted by molar-refractivity contribution is 6.05. The summed E-state index contributed by atoms with van der Waals surface area (Å²) in [5.41, 5.74) is 14.8. The van der Waals surface area contributed by atoms with Crippen LogP contribution >= 0.6 is 0 Å². The van der Waals surface area contributed by atoms with Crippen LogP contribution in [-0.4, -0.2) is 0 Å². The Labute approximate surface area is 338 Å². The van der Waals surface area contributed by atoms with E-state index in [0.717, 1.165) is 56.1 Å². The first-order valence-corrected chi connectivity index (χ1v) is 19.8. The number of para-hydroxylation sites is 5. The van der Waals surface area contributed by atoms with Crippen molar-refractivity contribution in [1.29, 1.82) is 0 Å². The van der Waals surface area contributed by atoms with Gasteiger partial charge in [-0.3, -0.25) is 0 Å². The van der Waals surface area contributed by atoms with Crippen molar-refractivity contribution < 1.29 is 4.42 Å². The number of hydrogen-bond acceptors (Lipinski definition) is 3. The van der Waals surface area contributed by atoms with Crippen molar-refractivity contribution in [3.63, 3.8) is 0 Å². The highest BCUT2D eigenvalue weighted by Gasteiger charge is 2.47. The monoisotopic (exact) mass is 742 g/mol. The average molecular weight is 743 g/mol. The van der Waals surface area contributed by atoms with Crippen LogP contribution in [0.1, 0.15) is 22.3 Å². The van der Waals surface area contributed by atoms with Crippen molar-refractivity contribution in [2.45, 2.75) is 5.41 Å². The van der Waals surface area contributed by atoms with Crippen LogP contribution in [-0.2, 0) is 5.41 Å². The maximum absolute atomic E-state index is 6.43. The van der Waals surface area contributed by atoms with E-state index in [-0.39, 0.29) is 0 Å². The summed E-state index contributed by atoms with van der Waals surface area (Å²) in [6, 6.07) is 83.1. The minimum absolute atomic E-state index is 0.692. The van der Waals surface area contributed by atoms with E-state index < -0.39 is 5.41 Å². The summed E-state index contributed by atoms with van der Waals surface area (Å²) in [5.74, 6) is 0. The Morgan fingerprint density at radius 3 is 1.21 bits per heavy atom. The molecule has 1 aromatic heterocycles. The van der Waals surface area contributed by atoms with Gasteiger partial charge in [0.25, 0.3) is 0 Å². The highest BCUT2D eigenvalue weighted by Crippen LogP contribution is 2.58. The third-order valence-electron chi connectivity index (χ3n) is 11.7. The Bertz CT molecular complexity index is 2840. The Morgan fingerprint density at radius 2 is 0.707 bits per heavy atom. The second kappa shape index (κ2) is 13.8. The molecule has 0 aliphatic heterocycles. The van der Waals surface area contributed by atoms with Crippen LogP contribution < -0.4 is 9.80 Å². The fraction of sp³-hybridized carbons (Fsp3) is 0.0182. The second-order valence-corrected chi connectivity index (χ2v) is 14.9. The molecule has 0 spiro atoms. The molecule has 0 unspecified atom stereocenters. The molecule has 58 heavy (non-hydrogen) atoms. The molecule has 1 heterocycles. The van der Waals surface area contributed by atoms with E-state index in [1.807, 2.05) is 6.07 Å². The fourth-order valence-corrected chi connectivity index (χ4v) is 9.26. The van der Waals surface area contributed by atoms with Crippen molar-refractivity contribution >= 4 is 56.1 Å². The Kier molecular flexibility index (Phi) is 8.04. The van der Waals surface area contributed by atoms with Crippen LogP contribution in [0.3, 0.4) is 0 Å². The molecule has 1 aliphatic carbocycles. The quantitative estimate of drug-likeness (QED) is 0.155. The first kappa shape index (κ1) is 33.7. The van der Waals surface area contributed by atoms with Crippen molar-refractivity contribution in [2.24, 2.45) is 0 Å². The van der Waals surface area contributed by atoms with Crippen molar-refractivity contribution in [3.05, 3.63) is 253 Å². The molecular formula is C55H38N2O. The fourth-order valence-electron chi connectivity index (χ4n) is 9.26. The molecule has 0 atom stereocenters. The maximum Gasteiger partial charge on any atom is 0.135 e. The number of nitrogens with zero attached hydrogens (tertiary/aromatic N) is 2. The molecule has 11 rings (SSSR count). The number of anilines is 6. The van der Waals surface area contributed by atoms with E-state index in [2.05, 4.69) is 234 Å². The largest absolute Gasteiger partial charge is 0.456 e. The van der Waals surface area contributed by atoms with Gasteiger partial charge in [0.05, 0.1) is 5.41 Å². The van der Waals surface area contributed by atoms with Gasteiger partial charge in [0.2, 0.25) is 0 Å². The van der Waals surface area contributed by atoms with Crippen molar-refractivity contribution in [1.82, 2.24) is 0 Å². The molecule has 0 bridgehead atoms. The summed E-state index contributed by atoms with van der Waals surface area (Å²) in [5, 5.41) is 2.22. The Morgan fingerprint density at radius 1 is 0.293 bits per heavy atom. The van der Waals surface area contributed by atoms with Gasteiger partial charge >= 0.3 is 0 Å². The lowest BCUT2D eigenvalue weighted by atomic mass is 9.67. The highest BCUT2D eigenvalue weighted by atomic mass is 16.3. The zero-order chi connectivity index (χ0) is 38.5. The molecule has 9 aromatic carbocycles. The SMILES string of the molecule is c1ccc(N(c2ccccc2)c2cc(N(c3ccccc3)c3ccccc3)cc(C3(c4ccc5oc6ccccc6c5c4)c4ccccc4-c4ccccc43)c2)cc1. The predicted octanol–water partition coefficient (Wildman–Crippen LogP) is 14.9. The molecule has 0 radical (unpaired) electrons. The predicted molar refractivity (Wildman–Crippen MR) is 240 cm³/mol. The first-order valence-electron chi connectivity index (χ1n) is 19.8. The van der Waals surface area contributed by atoms with Crippen LogP contribution in [0.4, 0.5) is 34.1 Å². The van der Waals surface area contributed by atoms with Crippen LogP contribution in [0.15, 0.2) is 235 Å². The van der Waals surface area contributed by atoms with Gasteiger partial charge in [-0.05, 0) is 118 Å². The number of furan rings is 1. The second-order valence-electron chi connectivity index (χ2n) is 14.9. The topological polar surface area (TPSA) is 19.6 Å². The van der Waals surface area contributed by atoms with Gasteiger partial charge in [0.1, 0.15) is 11.2 Å². The van der Waals surface area contributed by atoms with Gasteiger partial charge in [0, 0.05) is 44.9 Å². The van der Waals surface area contributed by atoms with Gasteiger partial charge in [-0.25, -0.2) is 0 Å². The van der Waals surface area contributed by atoms with Crippen molar-refractivity contribution in [2.75, 3.05) is 9.80 Å². The Hall–Kier alpha value is -7.62. The molecule has 1 aliphatic rings. The minimum Gasteiger partial charge on any atom is -0.456 e. The van der Waals surface area contributed by atoms with Crippen LogP contribution in [0.25, 0.3) is 33.1 Å². The maximum atomic E-state index is 6.43. The summed E-state index contributed by atoms with van der Waals surface area (Å²) in [7, 11) is 0. The smallest absolute Gasteiger partial charge is 0.135 e. The molecule has 0 N–H and O–H groups in total. The molecule has 274 valence electrons. The number of rotatable bonds is 8. The number of hydrogen-bond donors (Lipinski definition) is 0. The molecule has 0 fully saturated rings. The zero-order valence-electron chi connectivity index (χ0n) is 31.7. The number of fused-ring (bicyclic) bond motifs is 6. The van der Waals surface area contributed by atoms with E-state index in [1.165, 1.54) is 33.4 Å². The molecule has 0 amide bonds. The molecule has 3 nitrogen and oxygen atoms in total. The Balaban J connectivity index is 1.29. The van der Waals surface area contributed by atoms with E-state index >= 15 is 0 Å². The van der Waals surface area contributed by atoms with Crippen LogP contribution in [0.5, 0.6) is 0 Å². The van der Waals surface area contributed by atoms with Crippen molar-refractivity contribution in [3.8, 4) is 11.1 Å². The van der Waals surface area contributed by atoms with E-state index in [1.54, 1.807) is 0 Å². The van der Waals surface area contributed by atoms with E-state index in [4.69, 9.17) is 4.42 Å². The third-order valence-corrected chi connectivity index (χ3v) is 11.7. The zero-order valence-corrected chi connectivity index (χ0v) is 31.7. The lowest BCUT2D eigenvalue weighted by Gasteiger charge is -2.37. The molecule has 3 heteroatoms. The summed E-state index contributed by atoms with van der Waals surface area (Å²) in [6.07, 6.45) is 0. The standard InChI is InChI=1S/C55H38N2O/c1-5-19-41(20-6-1)56(42-21-7-2-8-22-42)45-35-40(36-46(38-45)57(43-23-9-3-10-24-43)44-25-11-4-12-26-44)55(51-30-16-13-27-47(51)48-28-14-17-31-52(48)55)39-33-34-54-50(37-39)49-29-15-18-32-53(49)58-54/h1-38H. The van der Waals surface area contributed by atoms with E-state index in [0.29, 0.717) is 0 Å². The molecule has 0 saturated carbocycles. The van der Waals surface area contributed by atoms with Gasteiger partial charge in [-0.1, -0.05) is 146 Å². The van der Waals surface area contributed by atoms with Gasteiger partial charge in [0.15, 0.2) is 0 Å². The summed E-state index contributed by atoms with van der Waals surface area (Å²) in [4.78, 5) is 4.77. The lowest BCUT2D eigenvalue weighted by Crippen LogP contribution is -2.29. The lowest BCUT2D eigenvalue weighted by molar-refractivity contribution is 0.668. The average Bonchev–Trinajstić information content (AvgIpc) is 3.82. The molecule has 0 saturated heterocycles. The van der Waals surface area contributed by atoms with E-state index in [9.17, 15) is 0 Å². The summed E-state index contributed by atoms with van der Waals surface area (Å²) >= 11 is 0. The first-order chi connectivity index (χ1) is 28.8. The third kappa shape index (κ3) is 5.36. The summed E-state index contributed by atoms with van der Waals surface area (Å²) < 4.78 is 6.43. The van der Waals surface area contributed by atoms with Gasteiger partial charge in [-0.2, -0.15) is 0 Å². The molecular weight excluding hydrogens is 705 g/mol. The number of benzene rings is 9. The van der Waals surface area contributed by atoms with Crippen LogP contribution in [0.2, 0.25) is 0 Å². The summed E-state index contributed by atoms with van der Waals surface area (Å²) in [6.45, 7) is 0. The van der Waals surface area contributed by atoms with Gasteiger partial charge < -0.3 is 14.2 Å². The normalized spacial score (nSPS) is 12.6. The molecule has 10 aromatic rings. The minimum atomic E-state index is -0.692. The van der Waals surface area contributed by atoms with Gasteiger partial charge in [-0.15, -0.1) is 0 Å².